The van der Waals surface area contributed by atoms with E-state index in [-0.39, 0.29) is 148 Å². The molecule has 530 valence electrons. The van der Waals surface area contributed by atoms with Gasteiger partial charge in [0.05, 0.1) is 86.6 Å². The molecule has 9 N–H and O–H groups in total. The topological polar surface area (TPSA) is 381 Å². The summed E-state index contributed by atoms with van der Waals surface area (Å²) in [6.07, 6.45) is -6.23. The number of Topliss-reactive ketones (excluding diaryl/α,β-unsaturated/α-hetero) is 3. The highest BCUT2D eigenvalue weighted by Gasteiger charge is 2.51. The van der Waals surface area contributed by atoms with E-state index in [9.17, 15) is 73.5 Å². The molecule has 0 radical (unpaired) electrons. The van der Waals surface area contributed by atoms with Gasteiger partial charge >= 0.3 is 5.97 Å². The number of aliphatic hydroxyl groups is 3. The Hall–Kier alpha value is -9.52. The molecule has 9 rings (SSSR count). The Morgan fingerprint density at radius 2 is 1.51 bits per heavy atom. The maximum Gasteiger partial charge on any atom is 0.306 e. The van der Waals surface area contributed by atoms with Crippen molar-refractivity contribution in [3.05, 3.63) is 152 Å². The van der Waals surface area contributed by atoms with Crippen molar-refractivity contribution in [2.45, 2.75) is 147 Å². The highest BCUT2D eigenvalue weighted by molar-refractivity contribution is 6.31. The summed E-state index contributed by atoms with van der Waals surface area (Å²) in [4.78, 5) is 135. The number of ketones is 5. The van der Waals surface area contributed by atoms with Gasteiger partial charge in [0, 0.05) is 97.6 Å². The maximum atomic E-state index is 14.1. The summed E-state index contributed by atoms with van der Waals surface area (Å²) in [5, 5.41) is 62.2. The Morgan fingerprint density at radius 1 is 0.810 bits per heavy atom. The quantitative estimate of drug-likeness (QED) is 0.0114. The number of carbonyl (C=O) groups excluding carboxylic acids is 10. The predicted octanol–water partition coefficient (Wildman–Crippen LogP) is 5.17. The van der Waals surface area contributed by atoms with Crippen LogP contribution < -0.4 is 26.0 Å². The van der Waals surface area contributed by atoms with Gasteiger partial charge in [0.15, 0.2) is 29.4 Å². The number of anilines is 1. The molecule has 0 spiro atoms. The van der Waals surface area contributed by atoms with E-state index in [0.29, 0.717) is 36.2 Å². The first-order chi connectivity index (χ1) is 47.9. The normalized spacial score (nSPS) is 19.5. The van der Waals surface area contributed by atoms with Crippen LogP contribution in [0, 0.1) is 29.6 Å². The van der Waals surface area contributed by atoms with E-state index in [1.165, 1.54) is 32.2 Å². The van der Waals surface area contributed by atoms with Crippen molar-refractivity contribution >= 4 is 64.2 Å². The van der Waals surface area contributed by atoms with Crippen molar-refractivity contribution in [2.24, 2.45) is 23.5 Å². The number of primary amides is 1. The van der Waals surface area contributed by atoms with Gasteiger partial charge in [0.25, 0.3) is 0 Å². The number of nitrogens with one attached hydrogen (secondary N) is 2. The fraction of sp³-hybridized carbons (Fsp3) is 0.440. The number of nitrogens with zero attached hydrogens (tertiary/aromatic N) is 1. The standard InChI is InChI=1S/C75H84N4O21/c1-42(2)52(35-50(81)41-97-31-30-96-29-28-77-61(85)26-27-62(86)79-38-48-14-6-5-12-46(48)24-25-47-13-7-9-17-55(47)79)74(93)78-54(16-8-10-19-60(76)84)56(82)32-44-20-22-45(23-21-44)40-98-63(87)33-49-34-64(99-43(3)69(49)88)100-58-37-75(94,59(83)39-80)36-53-66(58)73(92)68-67(71(53)90)70(89)51-15-11-18-57(95-4)65(51)72(68)91/h5-7,9,11-15,17-18,20-23,42-43,49,52,54,58,64,69,80,88,90,92,94H,8,10,16,19,26-41H2,1-4H3,(H2,76,84)(H,77,85)(H,78,93). The summed E-state index contributed by atoms with van der Waals surface area (Å²) in [6.45, 7) is 4.24. The van der Waals surface area contributed by atoms with Crippen molar-refractivity contribution < 1.29 is 102 Å². The van der Waals surface area contributed by atoms with Crippen LogP contribution in [0.1, 0.15) is 162 Å². The number of para-hydroxylation sites is 1. The average molecular weight is 1380 g/mol. The number of aliphatic hydroxyl groups excluding tert-OH is 2. The van der Waals surface area contributed by atoms with Crippen molar-refractivity contribution in [3.63, 3.8) is 0 Å². The van der Waals surface area contributed by atoms with Crippen molar-refractivity contribution in [1.82, 2.24) is 10.6 Å². The average Bonchev–Trinajstić information content (AvgIpc) is 0.711. The minimum Gasteiger partial charge on any atom is -0.507 e. The molecule has 25 heteroatoms. The minimum absolute atomic E-state index is 0.0183. The third-order valence-corrected chi connectivity index (χ3v) is 18.5. The lowest BCUT2D eigenvalue weighted by Gasteiger charge is -2.42. The number of phenols is 2. The summed E-state index contributed by atoms with van der Waals surface area (Å²) in [7, 11) is 1.29. The number of hydrogen-bond acceptors (Lipinski definition) is 21. The van der Waals surface area contributed by atoms with Crippen molar-refractivity contribution in [3.8, 4) is 29.1 Å². The van der Waals surface area contributed by atoms with Gasteiger partial charge in [-0.05, 0) is 66.6 Å². The van der Waals surface area contributed by atoms with Crippen LogP contribution in [-0.4, -0.2) is 161 Å². The summed E-state index contributed by atoms with van der Waals surface area (Å²) < 4.78 is 34.5. The van der Waals surface area contributed by atoms with Gasteiger partial charge in [-0.1, -0.05) is 98.8 Å². The molecule has 8 unspecified atom stereocenters. The molecule has 100 heavy (non-hydrogen) atoms. The molecule has 1 saturated heterocycles. The Kier molecular flexibility index (Phi) is 25.4. The third kappa shape index (κ3) is 18.1. The molecule has 2 aliphatic heterocycles. The Bertz CT molecular complexity index is 3990. The molecular weight excluding hydrogens is 1290 g/mol. The number of methoxy groups -OCH3 is 1. The molecule has 2 aliphatic carbocycles. The second kappa shape index (κ2) is 34.0. The molecule has 5 aromatic carbocycles. The van der Waals surface area contributed by atoms with Crippen molar-refractivity contribution in [2.75, 3.05) is 51.6 Å². The molecule has 25 nitrogen and oxygen atoms in total. The van der Waals surface area contributed by atoms with Gasteiger partial charge < -0.3 is 75.2 Å². The van der Waals surface area contributed by atoms with Gasteiger partial charge in [0.2, 0.25) is 29.4 Å². The fourth-order valence-corrected chi connectivity index (χ4v) is 13.0. The lowest BCUT2D eigenvalue weighted by Crippen LogP contribution is -2.49. The van der Waals surface area contributed by atoms with Crippen LogP contribution >= 0.6 is 0 Å². The minimum atomic E-state index is -2.41. The SMILES string of the molecule is COc1cccc2c1C(=O)c1c(O)c3c(c(O)c1C2=O)CC(O)(C(=O)CO)CC3OC1CC(CC(=O)OCc2ccc(CC(=O)C(CCCCC(N)=O)NC(=O)C(CC(=O)COCCOCCNC(=O)CCC(=O)N3Cc4ccccc4C#Cc4ccccc43)C(C)C)cc2)C(O)C(C)O1. The number of unbranched alkanes of at least 4 members (excludes halogenated alkanes) is 1. The van der Waals surface area contributed by atoms with Gasteiger partial charge in [-0.25, -0.2) is 0 Å². The van der Waals surface area contributed by atoms with Crippen LogP contribution in [0.2, 0.25) is 0 Å². The number of carbonyl (C=O) groups is 10. The molecule has 8 atom stereocenters. The number of hydrogen-bond donors (Lipinski definition) is 8. The van der Waals surface area contributed by atoms with E-state index in [2.05, 4.69) is 22.5 Å². The van der Waals surface area contributed by atoms with Gasteiger partial charge in [-0.3, -0.25) is 47.9 Å². The first-order valence-corrected chi connectivity index (χ1v) is 33.4. The first kappa shape index (κ1) is 74.7. The zero-order chi connectivity index (χ0) is 71.9. The van der Waals surface area contributed by atoms with Crippen LogP contribution in [0.25, 0.3) is 0 Å². The Balaban J connectivity index is 0.723. The van der Waals surface area contributed by atoms with Gasteiger partial charge in [0.1, 0.15) is 42.7 Å². The van der Waals surface area contributed by atoms with Crippen LogP contribution in [0.5, 0.6) is 17.2 Å². The molecule has 1 fully saturated rings. The Morgan fingerprint density at radius 3 is 2.24 bits per heavy atom. The van der Waals surface area contributed by atoms with Crippen LogP contribution in [0.4, 0.5) is 5.69 Å². The number of benzene rings is 5. The summed E-state index contributed by atoms with van der Waals surface area (Å²) >= 11 is 0. The molecule has 0 bridgehead atoms. The number of amides is 4. The van der Waals surface area contributed by atoms with E-state index in [0.717, 1.165) is 16.7 Å². The molecule has 5 aromatic rings. The fourth-order valence-electron chi connectivity index (χ4n) is 13.0. The van der Waals surface area contributed by atoms with Gasteiger partial charge in [-0.2, -0.15) is 0 Å². The van der Waals surface area contributed by atoms with Crippen LogP contribution in [0.3, 0.4) is 0 Å². The summed E-state index contributed by atoms with van der Waals surface area (Å²) in [6, 6.07) is 24.9. The molecule has 4 amide bonds. The lowest BCUT2D eigenvalue weighted by atomic mass is 9.72. The van der Waals surface area contributed by atoms with Crippen LogP contribution in [-0.2, 0) is 88.0 Å². The highest BCUT2D eigenvalue weighted by Crippen LogP contribution is 2.53. The van der Waals surface area contributed by atoms with Crippen LogP contribution in [0.15, 0.2) is 91.0 Å². The van der Waals surface area contributed by atoms with E-state index in [1.54, 1.807) is 43.0 Å². The monoisotopic (exact) mass is 1380 g/mol. The maximum absolute atomic E-state index is 14.1. The molecule has 0 aromatic heterocycles. The number of nitrogens with two attached hydrogens (primary N) is 1. The zero-order valence-corrected chi connectivity index (χ0v) is 56.2. The van der Waals surface area contributed by atoms with Crippen molar-refractivity contribution in [1.29, 1.82) is 0 Å². The number of aromatic hydroxyl groups is 2. The largest absolute Gasteiger partial charge is 0.507 e. The van der Waals surface area contributed by atoms with Gasteiger partial charge in [-0.15, -0.1) is 0 Å². The van der Waals surface area contributed by atoms with E-state index in [4.69, 9.17) is 34.2 Å². The number of ether oxygens (including phenoxy) is 6. The zero-order valence-electron chi connectivity index (χ0n) is 56.2. The second-order valence-corrected chi connectivity index (χ2v) is 25.9. The summed E-state index contributed by atoms with van der Waals surface area (Å²) in [5.74, 6) is -2.93. The molecule has 0 saturated carbocycles. The predicted molar refractivity (Wildman–Crippen MR) is 358 cm³/mol. The van der Waals surface area contributed by atoms with E-state index in [1.807, 2.05) is 48.5 Å². The molecular formula is C75H84N4O21. The second-order valence-electron chi connectivity index (χ2n) is 25.9. The Labute approximate surface area is 578 Å². The van der Waals surface area contributed by atoms with E-state index >= 15 is 0 Å². The van der Waals surface area contributed by atoms with E-state index < -0.39 is 125 Å². The first-order valence-electron chi connectivity index (χ1n) is 33.4. The summed E-state index contributed by atoms with van der Waals surface area (Å²) in [5.41, 5.74) is 5.27. The smallest absolute Gasteiger partial charge is 0.306 e. The highest BCUT2D eigenvalue weighted by atomic mass is 16.7. The number of rotatable bonds is 33. The number of fused-ring (bicyclic) bond motifs is 5. The number of esters is 1. The molecule has 2 heterocycles. The third-order valence-electron chi connectivity index (χ3n) is 18.5. The molecule has 4 aliphatic rings. The lowest BCUT2D eigenvalue weighted by molar-refractivity contribution is -0.257. The number of phenolic OH excluding ortho intramolecular Hbond substituents is 2.